The highest BCUT2D eigenvalue weighted by molar-refractivity contribution is 7.90. The summed E-state index contributed by atoms with van der Waals surface area (Å²) in [6.45, 7) is 5.79. The lowest BCUT2D eigenvalue weighted by Crippen LogP contribution is -2.33. The van der Waals surface area contributed by atoms with Crippen molar-refractivity contribution in [1.82, 2.24) is 9.71 Å². The summed E-state index contributed by atoms with van der Waals surface area (Å²) in [5.41, 5.74) is 3.21. The molecule has 2 aromatic carbocycles. The van der Waals surface area contributed by atoms with Crippen molar-refractivity contribution < 1.29 is 8.42 Å². The Morgan fingerprint density at radius 2 is 1.72 bits per heavy atom. The maximum Gasteiger partial charge on any atom is 0.213 e. The lowest BCUT2D eigenvalue weighted by Gasteiger charge is -2.15. The minimum atomic E-state index is -3.23. The van der Waals surface area contributed by atoms with E-state index in [4.69, 9.17) is 0 Å². The van der Waals surface area contributed by atoms with Crippen LogP contribution in [0, 0.1) is 0 Å². The second-order valence-electron chi connectivity index (χ2n) is 6.45. The molecule has 1 N–H and O–H groups in total. The van der Waals surface area contributed by atoms with Gasteiger partial charge in [0.05, 0.1) is 15.5 Å². The summed E-state index contributed by atoms with van der Waals surface area (Å²) < 4.78 is 27.6. The van der Waals surface area contributed by atoms with Gasteiger partial charge in [-0.3, -0.25) is 0 Å². The van der Waals surface area contributed by atoms with Crippen molar-refractivity contribution in [3.05, 3.63) is 54.1 Å². The fourth-order valence-corrected chi connectivity index (χ4v) is 4.26. The Kier molecular flexibility index (Phi) is 5.22. The molecule has 0 amide bonds. The molecule has 3 aromatic rings. The number of para-hydroxylation sites is 1. The molecule has 6 heteroatoms. The third-order valence-electron chi connectivity index (χ3n) is 4.23. The van der Waals surface area contributed by atoms with Gasteiger partial charge in [-0.05, 0) is 37.5 Å². The van der Waals surface area contributed by atoms with Crippen molar-refractivity contribution in [3.8, 4) is 10.6 Å². The maximum absolute atomic E-state index is 11.9. The number of thiazole rings is 1. The predicted octanol–water partition coefficient (Wildman–Crippen LogP) is 4.39. The van der Waals surface area contributed by atoms with Crippen LogP contribution < -0.4 is 4.72 Å². The van der Waals surface area contributed by atoms with Gasteiger partial charge in [0.15, 0.2) is 0 Å². The van der Waals surface area contributed by atoms with Gasteiger partial charge >= 0.3 is 0 Å². The van der Waals surface area contributed by atoms with E-state index in [9.17, 15) is 8.42 Å². The number of nitrogens with one attached hydrogen (secondary N) is 1. The summed E-state index contributed by atoms with van der Waals surface area (Å²) >= 11 is 1.68. The molecule has 0 radical (unpaired) electrons. The molecule has 0 saturated carbocycles. The van der Waals surface area contributed by atoms with E-state index in [1.165, 1.54) is 4.70 Å². The molecule has 3 rings (SSSR count). The van der Waals surface area contributed by atoms with E-state index in [1.807, 2.05) is 25.1 Å². The van der Waals surface area contributed by atoms with Crippen molar-refractivity contribution in [2.45, 2.75) is 31.9 Å². The fraction of sp³-hybridized carbons (Fsp3) is 0.316. The first-order chi connectivity index (χ1) is 11.9. The summed E-state index contributed by atoms with van der Waals surface area (Å²) in [5, 5.41) is 0.585. The highest BCUT2D eigenvalue weighted by Crippen LogP contribution is 2.30. The van der Waals surface area contributed by atoms with Crippen LogP contribution >= 0.6 is 11.3 Å². The molecule has 1 unspecified atom stereocenters. The van der Waals surface area contributed by atoms with Crippen LogP contribution in [0.1, 0.15) is 32.3 Å². The van der Waals surface area contributed by atoms with Crippen LogP contribution in [-0.2, 0) is 10.0 Å². The van der Waals surface area contributed by atoms with Gasteiger partial charge in [-0.1, -0.05) is 43.3 Å². The van der Waals surface area contributed by atoms with Crippen molar-refractivity contribution in [3.63, 3.8) is 0 Å². The van der Waals surface area contributed by atoms with Gasteiger partial charge in [0.2, 0.25) is 10.0 Å². The molecule has 1 atom stereocenters. The molecule has 0 spiro atoms. The van der Waals surface area contributed by atoms with Gasteiger partial charge in [-0.2, -0.15) is 0 Å². The third kappa shape index (κ3) is 4.08. The van der Waals surface area contributed by atoms with Crippen molar-refractivity contribution in [2.75, 3.05) is 6.54 Å². The normalized spacial score (nSPS) is 13.4. The molecule has 1 aromatic heterocycles. The van der Waals surface area contributed by atoms with Crippen LogP contribution in [0.4, 0.5) is 0 Å². The Hall–Kier alpha value is -1.76. The number of aromatic nitrogens is 1. The highest BCUT2D eigenvalue weighted by Gasteiger charge is 2.17. The standard InChI is InChI=1S/C19H22N2O2S2/c1-13(2)25(22,23)20-12-14(3)15-8-10-16(11-9-15)19-21-17-6-4-5-7-18(17)24-19/h4-11,13-14,20H,12H2,1-3H3. The summed E-state index contributed by atoms with van der Waals surface area (Å²) in [4.78, 5) is 4.67. The van der Waals surface area contributed by atoms with Gasteiger partial charge in [0.25, 0.3) is 0 Å². The number of hydrogen-bond donors (Lipinski definition) is 1. The Labute approximate surface area is 153 Å². The van der Waals surface area contributed by atoms with E-state index >= 15 is 0 Å². The molecule has 0 aliphatic rings. The quantitative estimate of drug-likeness (QED) is 0.696. The van der Waals surface area contributed by atoms with Gasteiger partial charge in [-0.15, -0.1) is 11.3 Å². The number of benzene rings is 2. The lowest BCUT2D eigenvalue weighted by molar-refractivity contribution is 0.566. The second kappa shape index (κ2) is 7.23. The predicted molar refractivity (Wildman–Crippen MR) is 106 cm³/mol. The van der Waals surface area contributed by atoms with E-state index in [0.717, 1.165) is 21.7 Å². The number of rotatable bonds is 6. The fourth-order valence-electron chi connectivity index (χ4n) is 2.48. The van der Waals surface area contributed by atoms with Gasteiger partial charge in [0, 0.05) is 12.1 Å². The van der Waals surface area contributed by atoms with Crippen LogP contribution in [-0.4, -0.2) is 25.2 Å². The number of sulfonamides is 1. The molecule has 0 aliphatic carbocycles. The molecule has 0 aliphatic heterocycles. The highest BCUT2D eigenvalue weighted by atomic mass is 32.2. The Balaban J connectivity index is 1.73. The molecule has 0 bridgehead atoms. The zero-order valence-corrected chi connectivity index (χ0v) is 16.2. The Morgan fingerprint density at radius 1 is 1.04 bits per heavy atom. The smallest absolute Gasteiger partial charge is 0.213 e. The third-order valence-corrected chi connectivity index (χ3v) is 7.13. The number of fused-ring (bicyclic) bond motifs is 1. The van der Waals surface area contributed by atoms with Crippen molar-refractivity contribution >= 4 is 31.6 Å². The molecule has 0 fully saturated rings. The van der Waals surface area contributed by atoms with E-state index in [1.54, 1.807) is 25.2 Å². The molecule has 25 heavy (non-hydrogen) atoms. The van der Waals surface area contributed by atoms with Crippen LogP contribution in [0.2, 0.25) is 0 Å². The number of nitrogens with zero attached hydrogens (tertiary/aromatic N) is 1. The van der Waals surface area contributed by atoms with Crippen molar-refractivity contribution in [1.29, 1.82) is 0 Å². The van der Waals surface area contributed by atoms with Gasteiger partial charge < -0.3 is 0 Å². The van der Waals surface area contributed by atoms with Crippen LogP contribution in [0.15, 0.2) is 48.5 Å². The molecular formula is C19H22N2O2S2. The van der Waals surface area contributed by atoms with Gasteiger partial charge in [-0.25, -0.2) is 18.1 Å². The van der Waals surface area contributed by atoms with Crippen LogP contribution in [0.5, 0.6) is 0 Å². The zero-order chi connectivity index (χ0) is 18.0. The molecule has 4 nitrogen and oxygen atoms in total. The Morgan fingerprint density at radius 3 is 2.36 bits per heavy atom. The average Bonchev–Trinajstić information content (AvgIpc) is 3.04. The number of hydrogen-bond acceptors (Lipinski definition) is 4. The first-order valence-corrected chi connectivity index (χ1v) is 10.7. The molecule has 0 saturated heterocycles. The van der Waals surface area contributed by atoms with E-state index in [-0.39, 0.29) is 5.92 Å². The van der Waals surface area contributed by atoms with E-state index < -0.39 is 15.3 Å². The van der Waals surface area contributed by atoms with Crippen molar-refractivity contribution in [2.24, 2.45) is 0 Å². The lowest BCUT2D eigenvalue weighted by atomic mass is 10.0. The maximum atomic E-state index is 11.9. The molecule has 1 heterocycles. The molecule has 132 valence electrons. The summed E-state index contributed by atoms with van der Waals surface area (Å²) in [7, 11) is -3.23. The first-order valence-electron chi connectivity index (χ1n) is 8.31. The summed E-state index contributed by atoms with van der Waals surface area (Å²) in [6, 6.07) is 16.3. The topological polar surface area (TPSA) is 59.1 Å². The van der Waals surface area contributed by atoms with Crippen LogP contribution in [0.25, 0.3) is 20.8 Å². The first kappa shape index (κ1) is 18.0. The second-order valence-corrected chi connectivity index (χ2v) is 9.80. The van der Waals surface area contributed by atoms with Gasteiger partial charge in [0.1, 0.15) is 5.01 Å². The minimum Gasteiger partial charge on any atom is -0.236 e. The average molecular weight is 375 g/mol. The Bertz CT molecular complexity index is 928. The van der Waals surface area contributed by atoms with Crippen LogP contribution in [0.3, 0.4) is 0 Å². The minimum absolute atomic E-state index is 0.109. The monoisotopic (exact) mass is 374 g/mol. The molecular weight excluding hydrogens is 352 g/mol. The summed E-state index contributed by atoms with van der Waals surface area (Å²) in [5.74, 6) is 0.109. The largest absolute Gasteiger partial charge is 0.236 e. The zero-order valence-electron chi connectivity index (χ0n) is 14.6. The van der Waals surface area contributed by atoms with E-state index in [2.05, 4.69) is 40.0 Å². The summed E-state index contributed by atoms with van der Waals surface area (Å²) in [6.07, 6.45) is 0. The van der Waals surface area contributed by atoms with E-state index in [0.29, 0.717) is 6.54 Å². The SMILES string of the molecule is CC(CNS(=O)(=O)C(C)C)c1ccc(-c2nc3ccccc3s2)cc1.